The maximum Gasteiger partial charge on any atom is 0.160 e. The van der Waals surface area contributed by atoms with E-state index in [-0.39, 0.29) is 0 Å². The highest BCUT2D eigenvalue weighted by Crippen LogP contribution is 2.27. The molecule has 0 saturated carbocycles. The van der Waals surface area contributed by atoms with Gasteiger partial charge >= 0.3 is 0 Å². The van der Waals surface area contributed by atoms with E-state index in [2.05, 4.69) is 43.8 Å². The van der Waals surface area contributed by atoms with Crippen LogP contribution in [0.15, 0.2) is 36.7 Å². The van der Waals surface area contributed by atoms with Gasteiger partial charge in [0, 0.05) is 32.0 Å². The molecule has 128 valence electrons. The van der Waals surface area contributed by atoms with Crippen molar-refractivity contribution in [1.82, 2.24) is 24.6 Å². The summed E-state index contributed by atoms with van der Waals surface area (Å²) < 4.78 is 9.97. The molecule has 2 aliphatic heterocycles. The Balaban J connectivity index is 1.44. The second-order valence-electron chi connectivity index (χ2n) is 6.69. The molecule has 0 atom stereocenters. The van der Waals surface area contributed by atoms with Crippen molar-refractivity contribution in [2.45, 2.75) is 32.5 Å². The summed E-state index contributed by atoms with van der Waals surface area (Å²) in [5, 5.41) is 8.12. The molecule has 6 nitrogen and oxygen atoms in total. The van der Waals surface area contributed by atoms with E-state index in [1.807, 2.05) is 12.4 Å². The lowest BCUT2D eigenvalue weighted by Crippen LogP contribution is -2.28. The normalized spacial score (nSPS) is 16.2. The van der Waals surface area contributed by atoms with Crippen LogP contribution in [-0.2, 0) is 26.1 Å². The van der Waals surface area contributed by atoms with Gasteiger partial charge in [0.2, 0.25) is 0 Å². The molecule has 25 heavy (non-hydrogen) atoms. The molecule has 0 spiro atoms. The minimum atomic E-state index is 0.795. The van der Waals surface area contributed by atoms with E-state index in [1.165, 1.54) is 16.8 Å². The van der Waals surface area contributed by atoms with E-state index < -0.39 is 0 Å². The van der Waals surface area contributed by atoms with Gasteiger partial charge in [-0.2, -0.15) is 5.10 Å². The summed E-state index contributed by atoms with van der Waals surface area (Å²) >= 11 is 0. The third-order valence-corrected chi connectivity index (χ3v) is 4.94. The van der Waals surface area contributed by atoms with Crippen molar-refractivity contribution in [2.75, 3.05) is 13.2 Å². The summed E-state index contributed by atoms with van der Waals surface area (Å²) in [4.78, 5) is 4.56. The number of nitrogens with zero attached hydrogens (tertiary/aromatic N) is 4. The van der Waals surface area contributed by atoms with E-state index >= 15 is 0 Å². The van der Waals surface area contributed by atoms with E-state index in [4.69, 9.17) is 9.84 Å². The second kappa shape index (κ2) is 6.04. The number of ether oxygens (including phenoxy) is 1. The molecule has 0 unspecified atom stereocenters. The van der Waals surface area contributed by atoms with Crippen LogP contribution in [-0.4, -0.2) is 32.5 Å². The molecular weight excluding hydrogens is 314 g/mol. The third kappa shape index (κ3) is 2.72. The van der Waals surface area contributed by atoms with Crippen LogP contribution < -0.4 is 10.1 Å². The fraction of sp³-hybridized carbons (Fsp3) is 0.368. The van der Waals surface area contributed by atoms with Gasteiger partial charge < -0.3 is 14.6 Å². The van der Waals surface area contributed by atoms with Gasteiger partial charge in [0.05, 0.1) is 18.8 Å². The van der Waals surface area contributed by atoms with Gasteiger partial charge in [-0.25, -0.2) is 4.98 Å². The average molecular weight is 335 g/mol. The summed E-state index contributed by atoms with van der Waals surface area (Å²) in [5.74, 6) is 1.96. The predicted molar refractivity (Wildman–Crippen MR) is 94.5 cm³/mol. The number of hydrogen-bond acceptors (Lipinski definition) is 4. The number of nitrogens with one attached hydrogen (secondary N) is 1. The van der Waals surface area contributed by atoms with Crippen LogP contribution in [0.5, 0.6) is 5.75 Å². The SMILES string of the molecule is c1cn(Cc2ccc3c(c2)CCCO3)c(-c2cc3n(n2)CCNC3)n1. The summed E-state index contributed by atoms with van der Waals surface area (Å²) in [5.41, 5.74) is 4.76. The second-order valence-corrected chi connectivity index (χ2v) is 6.69. The number of fused-ring (bicyclic) bond motifs is 2. The summed E-state index contributed by atoms with van der Waals surface area (Å²) in [6.45, 7) is 4.39. The lowest BCUT2D eigenvalue weighted by atomic mass is 10.0. The van der Waals surface area contributed by atoms with Gasteiger partial charge in [-0.3, -0.25) is 4.68 Å². The molecule has 5 rings (SSSR count). The number of rotatable bonds is 3. The maximum absolute atomic E-state index is 5.72. The maximum atomic E-state index is 5.72. The third-order valence-electron chi connectivity index (χ3n) is 4.94. The molecule has 1 N–H and O–H groups in total. The lowest BCUT2D eigenvalue weighted by molar-refractivity contribution is 0.288. The molecule has 0 radical (unpaired) electrons. The zero-order chi connectivity index (χ0) is 16.6. The lowest BCUT2D eigenvalue weighted by Gasteiger charge is -2.18. The Hall–Kier alpha value is -2.60. The first-order valence-electron chi connectivity index (χ1n) is 8.90. The van der Waals surface area contributed by atoms with Crippen molar-refractivity contribution in [3.63, 3.8) is 0 Å². The van der Waals surface area contributed by atoms with Crippen LogP contribution in [0.3, 0.4) is 0 Å². The van der Waals surface area contributed by atoms with Crippen molar-refractivity contribution in [2.24, 2.45) is 0 Å². The van der Waals surface area contributed by atoms with E-state index in [9.17, 15) is 0 Å². The highest BCUT2D eigenvalue weighted by Gasteiger charge is 2.17. The van der Waals surface area contributed by atoms with Crippen molar-refractivity contribution >= 4 is 0 Å². The minimum Gasteiger partial charge on any atom is -0.493 e. The summed E-state index contributed by atoms with van der Waals surface area (Å²) in [6, 6.07) is 8.66. The van der Waals surface area contributed by atoms with Crippen molar-refractivity contribution < 1.29 is 4.74 Å². The molecule has 0 aliphatic carbocycles. The van der Waals surface area contributed by atoms with E-state index in [0.717, 1.165) is 62.9 Å². The molecule has 1 aromatic carbocycles. The fourth-order valence-corrected chi connectivity index (χ4v) is 3.68. The Kier molecular flexibility index (Phi) is 3.56. The summed E-state index contributed by atoms with van der Waals surface area (Å²) in [7, 11) is 0. The Morgan fingerprint density at radius 1 is 1.24 bits per heavy atom. The largest absolute Gasteiger partial charge is 0.493 e. The fourth-order valence-electron chi connectivity index (χ4n) is 3.68. The number of imidazole rings is 1. The molecule has 0 saturated heterocycles. The van der Waals surface area contributed by atoms with Crippen LogP contribution in [0.25, 0.3) is 11.5 Å². The van der Waals surface area contributed by atoms with Crippen LogP contribution >= 0.6 is 0 Å². The molecule has 6 heteroatoms. The Bertz CT molecular complexity index is 887. The summed E-state index contributed by atoms with van der Waals surface area (Å²) in [6.07, 6.45) is 6.08. The van der Waals surface area contributed by atoms with Gasteiger partial charge in [-0.15, -0.1) is 0 Å². The Morgan fingerprint density at radius 2 is 2.24 bits per heavy atom. The minimum absolute atomic E-state index is 0.795. The first kappa shape index (κ1) is 14.7. The van der Waals surface area contributed by atoms with Crippen LogP contribution in [0.2, 0.25) is 0 Å². The highest BCUT2D eigenvalue weighted by molar-refractivity contribution is 5.51. The predicted octanol–water partition coefficient (Wildman–Crippen LogP) is 2.22. The van der Waals surface area contributed by atoms with Crippen LogP contribution in [0, 0.1) is 0 Å². The van der Waals surface area contributed by atoms with Gasteiger partial charge in [0.25, 0.3) is 0 Å². The van der Waals surface area contributed by atoms with Gasteiger partial charge in [0.15, 0.2) is 5.82 Å². The quantitative estimate of drug-likeness (QED) is 0.797. The molecule has 0 amide bonds. The topological polar surface area (TPSA) is 56.9 Å². The average Bonchev–Trinajstić information content (AvgIpc) is 3.27. The smallest absolute Gasteiger partial charge is 0.160 e. The van der Waals surface area contributed by atoms with Gasteiger partial charge in [-0.05, 0) is 36.1 Å². The molecule has 3 aromatic rings. The standard InChI is InChI=1S/C19H21N5O/c1-2-15-10-14(3-4-18(15)25-9-1)13-23-7-6-21-19(23)17-11-16-12-20-5-8-24(16)22-17/h3-4,6-7,10-11,20H,1-2,5,8-9,12-13H2. The van der Waals surface area contributed by atoms with Gasteiger partial charge in [-0.1, -0.05) is 12.1 Å². The first-order chi connectivity index (χ1) is 12.4. The number of aryl methyl sites for hydroxylation is 1. The molecule has 2 aliphatic rings. The zero-order valence-electron chi connectivity index (χ0n) is 14.1. The van der Waals surface area contributed by atoms with Crippen molar-refractivity contribution in [3.8, 4) is 17.3 Å². The van der Waals surface area contributed by atoms with E-state index in [1.54, 1.807) is 0 Å². The van der Waals surface area contributed by atoms with E-state index in [0.29, 0.717) is 0 Å². The zero-order valence-corrected chi connectivity index (χ0v) is 14.1. The number of hydrogen-bond donors (Lipinski definition) is 1. The highest BCUT2D eigenvalue weighted by atomic mass is 16.5. The molecule has 2 aromatic heterocycles. The van der Waals surface area contributed by atoms with Crippen LogP contribution in [0.4, 0.5) is 0 Å². The molecular formula is C19H21N5O. The first-order valence-corrected chi connectivity index (χ1v) is 8.90. The number of aromatic nitrogens is 4. The molecule has 0 fully saturated rings. The Labute approximate surface area is 146 Å². The van der Waals surface area contributed by atoms with Gasteiger partial charge in [0.1, 0.15) is 11.4 Å². The van der Waals surface area contributed by atoms with Crippen molar-refractivity contribution in [3.05, 3.63) is 53.5 Å². The number of benzene rings is 1. The van der Waals surface area contributed by atoms with Crippen LogP contribution in [0.1, 0.15) is 23.2 Å². The molecule has 4 heterocycles. The van der Waals surface area contributed by atoms with Crippen molar-refractivity contribution in [1.29, 1.82) is 0 Å². The molecule has 0 bridgehead atoms. The Morgan fingerprint density at radius 3 is 3.20 bits per heavy atom. The monoisotopic (exact) mass is 335 g/mol.